The molecule has 5 heteroatoms. The second-order valence-corrected chi connectivity index (χ2v) is 20.1. The van der Waals surface area contributed by atoms with Gasteiger partial charge < -0.3 is 4.74 Å². The largest absolute Gasteiger partial charge is 0.457 e. The van der Waals surface area contributed by atoms with Gasteiger partial charge in [-0.25, -0.2) is 4.98 Å². The van der Waals surface area contributed by atoms with Crippen molar-refractivity contribution in [1.29, 1.82) is 0 Å². The third-order valence-electron chi connectivity index (χ3n) is 12.5. The minimum atomic E-state index is -0.430. The summed E-state index contributed by atoms with van der Waals surface area (Å²) in [7, 11) is 0. The molecule has 7 aromatic carbocycles. The lowest BCUT2D eigenvalue weighted by atomic mass is 9.78. The van der Waals surface area contributed by atoms with Crippen LogP contribution in [-0.2, 0) is 16.2 Å². The van der Waals surface area contributed by atoms with Crippen molar-refractivity contribution in [3.05, 3.63) is 199 Å². The Balaban J connectivity index is 1.15. The minimum absolute atomic E-state index is 0.0513. The monoisotopic (exact) mass is 854 g/mol. The Morgan fingerprint density at radius 2 is 1.15 bits per heavy atom. The number of rotatable bonds is 7. The highest BCUT2D eigenvalue weighted by Crippen LogP contribution is 2.40. The first-order valence-corrected chi connectivity index (χ1v) is 22.4. The van der Waals surface area contributed by atoms with Crippen molar-refractivity contribution in [2.75, 3.05) is 0 Å². The van der Waals surface area contributed by atoms with Gasteiger partial charge in [-0.1, -0.05) is 165 Å². The lowest BCUT2D eigenvalue weighted by Gasteiger charge is -2.26. The van der Waals surface area contributed by atoms with Crippen molar-refractivity contribution >= 4 is 32.8 Å². The number of fused-ring (bicyclic) bond motifs is 4. The van der Waals surface area contributed by atoms with Gasteiger partial charge in [0.1, 0.15) is 28.7 Å². The van der Waals surface area contributed by atoms with Crippen molar-refractivity contribution in [2.45, 2.75) is 78.6 Å². The van der Waals surface area contributed by atoms with Gasteiger partial charge in [0.15, 0.2) is 11.0 Å². The van der Waals surface area contributed by atoms with Gasteiger partial charge in [-0.15, -0.1) is 0 Å². The highest BCUT2D eigenvalue weighted by Gasteiger charge is 2.28. The lowest BCUT2D eigenvalue weighted by Crippen LogP contribution is -2.31. The molecule has 10 rings (SSSR count). The summed E-state index contributed by atoms with van der Waals surface area (Å²) in [6.45, 7) is 19.9. The molecule has 3 aromatic heterocycles. The second-order valence-electron chi connectivity index (χ2n) is 20.1. The van der Waals surface area contributed by atoms with Crippen LogP contribution < -0.4 is 9.30 Å². The Hall–Kier alpha value is -7.24. The molecule has 10 aromatic rings. The first-order valence-electron chi connectivity index (χ1n) is 24.9. The van der Waals surface area contributed by atoms with E-state index in [9.17, 15) is 2.74 Å². The Bertz CT molecular complexity index is 3650. The van der Waals surface area contributed by atoms with Gasteiger partial charge in [0.2, 0.25) is 0 Å². The van der Waals surface area contributed by atoms with Gasteiger partial charge in [0.05, 0.1) is 17.9 Å². The van der Waals surface area contributed by atoms with Gasteiger partial charge in [-0.3, -0.25) is 4.57 Å². The maximum atomic E-state index is 9.21. The van der Waals surface area contributed by atoms with Crippen LogP contribution in [0.4, 0.5) is 0 Å². The summed E-state index contributed by atoms with van der Waals surface area (Å²) in [5.74, 6) is 2.17. The van der Waals surface area contributed by atoms with Gasteiger partial charge >= 0.3 is 0 Å². The van der Waals surface area contributed by atoms with Crippen molar-refractivity contribution < 1.29 is 16.2 Å². The summed E-state index contributed by atoms with van der Waals surface area (Å²) >= 11 is 0. The highest BCUT2D eigenvalue weighted by molar-refractivity contribution is 6.09. The van der Waals surface area contributed by atoms with Crippen LogP contribution in [0.15, 0.2) is 182 Å². The molecular weight excluding hydrogens is 793 g/mol. The predicted octanol–water partition coefficient (Wildman–Crippen LogP) is 15.4. The van der Waals surface area contributed by atoms with Gasteiger partial charge in [-0.2, -0.15) is 9.13 Å². The van der Waals surface area contributed by atoms with E-state index in [1.807, 2.05) is 67.1 Å². The fraction of sp³-hybridized carbons (Fsp3) is 0.200. The zero-order chi connectivity index (χ0) is 49.6. The van der Waals surface area contributed by atoms with E-state index in [2.05, 4.69) is 161 Å². The van der Waals surface area contributed by atoms with Crippen LogP contribution in [0.2, 0.25) is 0 Å². The number of hydrogen-bond acceptors (Lipinski definition) is 2. The van der Waals surface area contributed by atoms with Crippen molar-refractivity contribution in [3.63, 3.8) is 0 Å². The minimum Gasteiger partial charge on any atom is -0.457 e. The quantitative estimate of drug-likeness (QED) is 0.150. The van der Waals surface area contributed by atoms with Crippen LogP contribution in [0.5, 0.6) is 11.5 Å². The maximum Gasteiger partial charge on any atom is 0.255 e. The topological polar surface area (TPSA) is 35.9 Å². The third kappa shape index (κ3) is 7.80. The molecule has 0 amide bonds. The molecule has 0 aliphatic heterocycles. The van der Waals surface area contributed by atoms with E-state index in [-0.39, 0.29) is 46.0 Å². The van der Waals surface area contributed by atoms with E-state index < -0.39 is 6.04 Å². The number of imidazole rings is 1. The lowest BCUT2D eigenvalue weighted by molar-refractivity contribution is -0.566. The first kappa shape index (κ1) is 36.1. The van der Waals surface area contributed by atoms with Crippen LogP contribution in [0.25, 0.3) is 72.3 Å². The Kier molecular flexibility index (Phi) is 8.77. The number of pyridine rings is 1. The van der Waals surface area contributed by atoms with E-state index in [1.54, 1.807) is 0 Å². The molecule has 0 spiro atoms. The van der Waals surface area contributed by atoms with Gasteiger partial charge in [-0.05, 0) is 98.7 Å². The molecule has 322 valence electrons. The molecule has 0 saturated carbocycles. The molecule has 0 fully saturated rings. The van der Waals surface area contributed by atoms with E-state index in [4.69, 9.17) is 13.8 Å². The van der Waals surface area contributed by atoms with Crippen LogP contribution in [-0.4, -0.2) is 14.1 Å². The molecule has 65 heavy (non-hydrogen) atoms. The molecule has 0 unspecified atom stereocenters. The summed E-state index contributed by atoms with van der Waals surface area (Å²) < 4.78 is 57.5. The number of para-hydroxylation sites is 4. The smallest absolute Gasteiger partial charge is 0.255 e. The van der Waals surface area contributed by atoms with E-state index in [0.717, 1.165) is 55.5 Å². The second kappa shape index (κ2) is 15.8. The molecule has 0 aliphatic rings. The Labute approximate surface area is 390 Å². The summed E-state index contributed by atoms with van der Waals surface area (Å²) in [6.07, 6.45) is 3.92. The molecule has 5 nitrogen and oxygen atoms in total. The predicted molar refractivity (Wildman–Crippen MR) is 270 cm³/mol. The van der Waals surface area contributed by atoms with Crippen LogP contribution in [0, 0.1) is 0 Å². The molecule has 0 saturated heterocycles. The summed E-state index contributed by atoms with van der Waals surface area (Å²) in [4.78, 5) is 4.87. The molecular formula is C60H57N4O+. The summed E-state index contributed by atoms with van der Waals surface area (Å²) in [6, 6.07) is 45.9. The van der Waals surface area contributed by atoms with Crippen molar-refractivity contribution in [1.82, 2.24) is 14.1 Å². The fourth-order valence-electron chi connectivity index (χ4n) is 8.87. The fourth-order valence-corrected chi connectivity index (χ4v) is 8.87. The van der Waals surface area contributed by atoms with E-state index >= 15 is 0 Å². The number of hydrogen-bond donors (Lipinski definition) is 0. The number of nitrogens with zero attached hydrogens (tertiary/aromatic N) is 4. The van der Waals surface area contributed by atoms with Crippen LogP contribution in [0.1, 0.15) is 85.9 Å². The molecule has 0 bridgehead atoms. The number of benzene rings is 7. The van der Waals surface area contributed by atoms with E-state index in [1.165, 1.54) is 16.7 Å². The van der Waals surface area contributed by atoms with E-state index in [0.29, 0.717) is 22.7 Å². The van der Waals surface area contributed by atoms with Crippen molar-refractivity contribution in [2.24, 2.45) is 0 Å². The maximum absolute atomic E-state index is 9.21. The third-order valence-corrected chi connectivity index (χ3v) is 12.5. The summed E-state index contributed by atoms with van der Waals surface area (Å²) in [5.41, 5.74) is 11.0. The Morgan fingerprint density at radius 1 is 0.523 bits per heavy atom. The molecule has 0 atom stereocenters. The van der Waals surface area contributed by atoms with Crippen LogP contribution in [0.3, 0.4) is 0 Å². The average Bonchev–Trinajstić information content (AvgIpc) is 3.88. The average molecular weight is 855 g/mol. The van der Waals surface area contributed by atoms with Crippen molar-refractivity contribution in [3.8, 4) is 50.9 Å². The van der Waals surface area contributed by atoms with Gasteiger partial charge in [0.25, 0.3) is 6.33 Å². The SMILES string of the molecule is [2H]c1c([2H])c([2H])c(-c2cccc(-c3cc(C(C)(C)C)cc(C(C)(C)C)c3)c2-[n+]2cn(-c3cccc(Oc4ccc5c6ccccc6n(-c6cc(C(C)(C)C)ccn6)c5c4)c3)c3ccccc32)c([2H])c1[2H]. The standard InChI is InChI=1S/C60H57N4O/c1-58(2,3)42-31-32-61-56(36-42)64-52-26-14-13-23-50(52)51-30-29-47(38-55(51)64)65-46-22-17-21-45(37-46)62-39-63(54-28-16-15-27-53(54)62)57-48(40-19-11-10-12-20-40)24-18-25-49(57)41-33-43(59(4,5)6)35-44(34-41)60(7,8)9/h10-39H,1-9H3/q+1/i10D,11D,12D,19D,20D. The number of ether oxygens (including phenoxy) is 1. The van der Waals surface area contributed by atoms with Gasteiger partial charge in [0, 0.05) is 40.2 Å². The molecule has 0 aliphatic carbocycles. The molecule has 0 N–H and O–H groups in total. The summed E-state index contributed by atoms with van der Waals surface area (Å²) in [5, 5.41) is 2.24. The Morgan fingerprint density at radius 3 is 1.88 bits per heavy atom. The normalized spacial score (nSPS) is 13.5. The highest BCUT2D eigenvalue weighted by atomic mass is 16.5. The number of aromatic nitrogens is 4. The first-order chi connectivity index (χ1) is 33.2. The zero-order valence-electron chi connectivity index (χ0n) is 43.6. The zero-order valence-corrected chi connectivity index (χ0v) is 38.6. The van der Waals surface area contributed by atoms with Crippen LogP contribution >= 0.6 is 0 Å². The molecule has 3 heterocycles. The molecule has 0 radical (unpaired) electrons.